The fraction of sp³-hybridized carbons (Fsp3) is 0.581. The maximum absolute atomic E-state index is 14.0. The Bertz CT molecular complexity index is 1630. The third-order valence-corrected chi connectivity index (χ3v) is 11.2. The van der Waals surface area contributed by atoms with Gasteiger partial charge in [0.05, 0.1) is 24.1 Å². The Morgan fingerprint density at radius 2 is 1.80 bits per heavy atom. The quantitative estimate of drug-likeness (QED) is 0.0594. The Labute approximate surface area is 326 Å². The number of benzene rings is 2. The standard InChI is InChI=1S/C43H59ClN2O8/c1-6-20-46(42(49)50-24-19-44)39-28-37(45-52-8-3)35-26-31(13-9-11-21-47)34(14-10-12-22-48)40-36-27-33(53-32-16-15-29(4)30(5)25-32)17-18-38(36)54-43(39,41(35)40)51-23-7-2/h7,15-18,25-27,31,34,39-41,47-48H,2,6,8-14,19-24,28H2,1,3-5H3/t31-,34+,39-,40+,41+,43+/m0/s1. The lowest BCUT2D eigenvalue weighted by Crippen LogP contribution is -2.70. The summed E-state index contributed by atoms with van der Waals surface area (Å²) >= 11 is 5.99. The Kier molecular flexibility index (Phi) is 15.3. The van der Waals surface area contributed by atoms with Crippen molar-refractivity contribution in [2.45, 2.75) is 96.8 Å². The SMILES string of the molecule is C=CCO[C@@]12Oc3ccc(Oc4ccc(C)c(C)c4)cc3[C@H]3[C@H](CCCCO)[C@@H](CCCCO)C=C(C(=NOCC)C[C@@H]1N(CCC)C(=O)OCCCl)[C@H]32. The van der Waals surface area contributed by atoms with Gasteiger partial charge in [0.2, 0.25) is 5.79 Å². The molecule has 2 aromatic rings. The highest BCUT2D eigenvalue weighted by atomic mass is 35.5. The number of oxime groups is 1. The van der Waals surface area contributed by atoms with Gasteiger partial charge in [0.25, 0.3) is 0 Å². The Hall–Kier alpha value is -3.57. The van der Waals surface area contributed by atoms with Crippen LogP contribution in [0.4, 0.5) is 4.79 Å². The number of halogens is 1. The van der Waals surface area contributed by atoms with E-state index in [1.165, 1.54) is 5.56 Å². The molecule has 1 heterocycles. The number of amides is 1. The maximum Gasteiger partial charge on any atom is 0.410 e. The monoisotopic (exact) mass is 766 g/mol. The molecule has 3 aliphatic rings. The van der Waals surface area contributed by atoms with Gasteiger partial charge in [-0.15, -0.1) is 18.2 Å². The summed E-state index contributed by atoms with van der Waals surface area (Å²) in [6.45, 7) is 13.3. The number of aliphatic hydroxyl groups excluding tert-OH is 2. The van der Waals surface area contributed by atoms with Crippen LogP contribution in [0.2, 0.25) is 0 Å². The van der Waals surface area contributed by atoms with Gasteiger partial charge in [0.15, 0.2) is 0 Å². The number of hydrogen-bond acceptors (Lipinski definition) is 9. The Morgan fingerprint density at radius 1 is 1.06 bits per heavy atom. The molecule has 2 aliphatic carbocycles. The number of carbonyl (C=O) groups is 1. The van der Waals surface area contributed by atoms with Crippen LogP contribution in [0.3, 0.4) is 0 Å². The summed E-state index contributed by atoms with van der Waals surface area (Å²) < 4.78 is 26.4. The average Bonchev–Trinajstić information content (AvgIpc) is 3.17. The van der Waals surface area contributed by atoms with Gasteiger partial charge in [-0.1, -0.05) is 43.1 Å². The van der Waals surface area contributed by atoms with Gasteiger partial charge < -0.3 is 34.0 Å². The Balaban J connectivity index is 1.77. The highest BCUT2D eigenvalue weighted by Crippen LogP contribution is 2.62. The first-order chi connectivity index (χ1) is 26.3. The smallest absolute Gasteiger partial charge is 0.410 e. The summed E-state index contributed by atoms with van der Waals surface area (Å²) in [6.07, 6.45) is 9.31. The first kappa shape index (κ1) is 41.6. The van der Waals surface area contributed by atoms with Crippen LogP contribution >= 0.6 is 11.6 Å². The van der Waals surface area contributed by atoms with Crippen LogP contribution in [0, 0.1) is 31.6 Å². The minimum Gasteiger partial charge on any atom is -0.459 e. The van der Waals surface area contributed by atoms with Gasteiger partial charge in [0, 0.05) is 37.7 Å². The molecule has 1 aliphatic heterocycles. The molecule has 0 aromatic heterocycles. The van der Waals surface area contributed by atoms with E-state index >= 15 is 0 Å². The number of carbonyl (C=O) groups excluding carboxylic acids is 1. The van der Waals surface area contributed by atoms with Crippen molar-refractivity contribution in [2.75, 3.05) is 45.5 Å². The molecular weight excluding hydrogens is 708 g/mol. The van der Waals surface area contributed by atoms with Crippen molar-refractivity contribution in [2.24, 2.45) is 22.9 Å². The van der Waals surface area contributed by atoms with Gasteiger partial charge in [-0.2, -0.15) is 0 Å². The number of aliphatic hydroxyl groups is 2. The molecule has 54 heavy (non-hydrogen) atoms. The minimum absolute atomic E-state index is 0.0698. The van der Waals surface area contributed by atoms with Crippen molar-refractivity contribution in [3.63, 3.8) is 0 Å². The summed E-state index contributed by atoms with van der Waals surface area (Å²) in [4.78, 5) is 21.5. The lowest BCUT2D eigenvalue weighted by Gasteiger charge is -2.59. The molecule has 10 nitrogen and oxygen atoms in total. The topological polar surface area (TPSA) is 119 Å². The molecule has 1 amide bonds. The second kappa shape index (κ2) is 19.8. The van der Waals surface area contributed by atoms with E-state index in [0.717, 1.165) is 53.8 Å². The summed E-state index contributed by atoms with van der Waals surface area (Å²) in [7, 11) is 0. The fourth-order valence-electron chi connectivity index (χ4n) is 8.59. The van der Waals surface area contributed by atoms with Crippen LogP contribution in [0.5, 0.6) is 17.2 Å². The normalized spacial score (nSPS) is 24.8. The molecule has 0 saturated heterocycles. The molecule has 11 heteroatoms. The Morgan fingerprint density at radius 3 is 2.48 bits per heavy atom. The predicted octanol–water partition coefficient (Wildman–Crippen LogP) is 8.84. The van der Waals surface area contributed by atoms with Crippen LogP contribution in [-0.2, 0) is 14.3 Å². The zero-order valence-electron chi connectivity index (χ0n) is 32.4. The molecule has 2 N–H and O–H groups in total. The molecule has 6 atom stereocenters. The molecule has 5 rings (SSSR count). The number of alkyl halides is 1. The number of rotatable bonds is 20. The summed E-state index contributed by atoms with van der Waals surface area (Å²) in [5, 5.41) is 24.4. The number of fused-ring (bicyclic) bond motifs is 2. The lowest BCUT2D eigenvalue weighted by molar-refractivity contribution is -0.255. The molecule has 296 valence electrons. The largest absolute Gasteiger partial charge is 0.459 e. The summed E-state index contributed by atoms with van der Waals surface area (Å²) in [5.41, 5.74) is 5.06. The van der Waals surface area contributed by atoms with Crippen LogP contribution in [0.1, 0.15) is 87.8 Å². The highest BCUT2D eigenvalue weighted by Gasteiger charge is 2.65. The number of aryl methyl sites for hydroxylation is 2. The zero-order chi connectivity index (χ0) is 38.7. The van der Waals surface area contributed by atoms with Crippen LogP contribution in [0.25, 0.3) is 0 Å². The molecule has 1 fully saturated rings. The average molecular weight is 767 g/mol. The third kappa shape index (κ3) is 9.10. The van der Waals surface area contributed by atoms with Crippen molar-refractivity contribution in [3.05, 3.63) is 77.4 Å². The van der Waals surface area contributed by atoms with Gasteiger partial charge in [-0.3, -0.25) is 4.90 Å². The summed E-state index contributed by atoms with van der Waals surface area (Å²) in [5.74, 6) is 0.592. The van der Waals surface area contributed by atoms with Gasteiger partial charge in [0.1, 0.15) is 36.5 Å². The van der Waals surface area contributed by atoms with Crippen LogP contribution < -0.4 is 9.47 Å². The van der Waals surface area contributed by atoms with E-state index in [9.17, 15) is 15.0 Å². The zero-order valence-corrected chi connectivity index (χ0v) is 33.2. The van der Waals surface area contributed by atoms with Crippen molar-refractivity contribution in [1.29, 1.82) is 0 Å². The number of hydrogen-bond donors (Lipinski definition) is 2. The van der Waals surface area contributed by atoms with Crippen LogP contribution in [-0.4, -0.2) is 84.2 Å². The van der Waals surface area contributed by atoms with Gasteiger partial charge in [-0.05, 0) is 112 Å². The number of unbranched alkanes of at least 4 members (excludes halogenated alkanes) is 2. The number of allylic oxidation sites excluding steroid dienone is 1. The van der Waals surface area contributed by atoms with Gasteiger partial charge in [-0.25, -0.2) is 4.79 Å². The molecule has 0 spiro atoms. The van der Waals surface area contributed by atoms with E-state index in [1.807, 2.05) is 38.1 Å². The van der Waals surface area contributed by atoms with E-state index in [0.29, 0.717) is 50.3 Å². The molecule has 0 unspecified atom stereocenters. The molecule has 0 radical (unpaired) electrons. The molecule has 1 saturated carbocycles. The third-order valence-electron chi connectivity index (χ3n) is 11.0. The van der Waals surface area contributed by atoms with Crippen molar-refractivity contribution in [1.82, 2.24) is 4.90 Å². The van der Waals surface area contributed by atoms with E-state index in [1.54, 1.807) is 11.0 Å². The lowest BCUT2D eigenvalue weighted by atomic mass is 9.55. The van der Waals surface area contributed by atoms with Crippen molar-refractivity contribution < 1.29 is 38.8 Å². The van der Waals surface area contributed by atoms with Crippen LogP contribution in [0.15, 0.2) is 65.9 Å². The number of ether oxygens (including phenoxy) is 4. The molecule has 2 aromatic carbocycles. The first-order valence-corrected chi connectivity index (χ1v) is 20.2. The molecular formula is C43H59ClN2O8. The predicted molar refractivity (Wildman–Crippen MR) is 212 cm³/mol. The fourth-order valence-corrected chi connectivity index (χ4v) is 8.67. The maximum atomic E-state index is 14.0. The highest BCUT2D eigenvalue weighted by molar-refractivity contribution is 6.18. The van der Waals surface area contributed by atoms with E-state index in [4.69, 9.17) is 40.5 Å². The van der Waals surface area contributed by atoms with Crippen molar-refractivity contribution >= 4 is 23.4 Å². The van der Waals surface area contributed by atoms with E-state index < -0.39 is 23.8 Å². The van der Waals surface area contributed by atoms with E-state index in [-0.39, 0.29) is 50.1 Å². The van der Waals surface area contributed by atoms with Gasteiger partial charge >= 0.3 is 6.09 Å². The first-order valence-electron chi connectivity index (χ1n) is 19.7. The number of nitrogens with zero attached hydrogens (tertiary/aromatic N) is 2. The minimum atomic E-state index is -1.35. The van der Waals surface area contributed by atoms with Crippen molar-refractivity contribution in [3.8, 4) is 17.2 Å². The van der Waals surface area contributed by atoms with E-state index in [2.05, 4.69) is 38.6 Å². The molecule has 0 bridgehead atoms. The summed E-state index contributed by atoms with van der Waals surface area (Å²) in [6, 6.07) is 11.4. The second-order valence-electron chi connectivity index (χ2n) is 14.5. The second-order valence-corrected chi connectivity index (χ2v) is 14.9.